The zero-order valence-electron chi connectivity index (χ0n) is 11.9. The lowest BCUT2D eigenvalue weighted by molar-refractivity contribution is 0.415. The molecule has 1 aromatic carbocycles. The van der Waals surface area contributed by atoms with Gasteiger partial charge < -0.3 is 9.30 Å². The van der Waals surface area contributed by atoms with Crippen LogP contribution in [0.2, 0.25) is 0 Å². The second-order valence-electron chi connectivity index (χ2n) is 4.82. The van der Waals surface area contributed by atoms with Crippen LogP contribution in [0.15, 0.2) is 29.1 Å². The smallest absolute Gasteiger partial charge is 0.127 e. The Balaban J connectivity index is 2.01. The summed E-state index contributed by atoms with van der Waals surface area (Å²) in [5.41, 5.74) is 4.94. The Morgan fingerprint density at radius 2 is 2.29 bits per heavy atom. The first-order chi connectivity index (χ1) is 10.2. The number of thiazole rings is 1. The van der Waals surface area contributed by atoms with Gasteiger partial charge in [0.2, 0.25) is 0 Å². The third-order valence-electron chi connectivity index (χ3n) is 3.42. The minimum absolute atomic E-state index is 0.140. The lowest BCUT2D eigenvalue weighted by Gasteiger charge is -2.10. The number of hydrogen-bond acceptors (Lipinski definition) is 4. The van der Waals surface area contributed by atoms with Crippen molar-refractivity contribution in [1.82, 2.24) is 14.5 Å². The first kappa shape index (κ1) is 14.4. The first-order valence-corrected chi connectivity index (χ1v) is 8.12. The van der Waals surface area contributed by atoms with Gasteiger partial charge >= 0.3 is 0 Å². The van der Waals surface area contributed by atoms with Gasteiger partial charge in [-0.05, 0) is 19.1 Å². The molecule has 0 saturated heterocycles. The Morgan fingerprint density at radius 3 is 2.95 bits per heavy atom. The number of nitrogens with zero attached hydrogens (tertiary/aromatic N) is 3. The Bertz CT molecular complexity index is 737. The molecule has 0 N–H and O–H groups in total. The van der Waals surface area contributed by atoms with Crippen molar-refractivity contribution in [2.24, 2.45) is 0 Å². The third-order valence-corrected chi connectivity index (χ3v) is 4.25. The van der Waals surface area contributed by atoms with Crippen LogP contribution in [-0.2, 0) is 13.0 Å². The van der Waals surface area contributed by atoms with Crippen LogP contribution in [0.5, 0.6) is 5.75 Å². The lowest BCUT2D eigenvalue weighted by Crippen LogP contribution is -2.07. The fraction of sp³-hybridized carbons (Fsp3) is 0.333. The molecule has 1 atom stereocenters. The van der Waals surface area contributed by atoms with Gasteiger partial charge in [-0.15, -0.1) is 22.9 Å². The van der Waals surface area contributed by atoms with Crippen molar-refractivity contribution >= 4 is 34.0 Å². The van der Waals surface area contributed by atoms with Crippen LogP contribution in [-0.4, -0.2) is 21.6 Å². The number of rotatable bonds is 5. The van der Waals surface area contributed by atoms with Crippen molar-refractivity contribution in [2.45, 2.75) is 25.3 Å². The summed E-state index contributed by atoms with van der Waals surface area (Å²) in [5, 5.41) is 1.93. The van der Waals surface area contributed by atoms with E-state index in [0.717, 1.165) is 41.3 Å². The van der Waals surface area contributed by atoms with Crippen LogP contribution in [0, 0.1) is 0 Å². The number of benzene rings is 1. The summed E-state index contributed by atoms with van der Waals surface area (Å²) in [6, 6.07) is 5.89. The summed E-state index contributed by atoms with van der Waals surface area (Å²) in [4.78, 5) is 8.98. The molecule has 0 spiro atoms. The zero-order chi connectivity index (χ0) is 14.8. The van der Waals surface area contributed by atoms with Crippen molar-refractivity contribution in [2.75, 3.05) is 7.11 Å². The highest BCUT2D eigenvalue weighted by Gasteiger charge is 2.15. The standard InChI is InChI=1S/C15H16ClN3OS/c1-10(16)15-18-13-4-3-12(20-2)7-14(13)19(15)6-5-11-8-21-9-17-11/h3-4,7-10H,5-6H2,1-2H3. The molecule has 0 saturated carbocycles. The van der Waals surface area contributed by atoms with Crippen LogP contribution in [0.4, 0.5) is 0 Å². The van der Waals surface area contributed by atoms with E-state index in [9.17, 15) is 0 Å². The van der Waals surface area contributed by atoms with Crippen molar-refractivity contribution in [3.8, 4) is 5.75 Å². The van der Waals surface area contributed by atoms with E-state index in [4.69, 9.17) is 16.3 Å². The summed E-state index contributed by atoms with van der Waals surface area (Å²) < 4.78 is 7.47. The summed E-state index contributed by atoms with van der Waals surface area (Å²) in [5.74, 6) is 1.71. The SMILES string of the molecule is COc1ccc2nc(C(C)Cl)n(CCc3cscn3)c2c1. The van der Waals surface area contributed by atoms with Crippen LogP contribution >= 0.6 is 22.9 Å². The number of aromatic nitrogens is 3. The van der Waals surface area contributed by atoms with Gasteiger partial charge in [-0.1, -0.05) is 0 Å². The minimum atomic E-state index is -0.140. The summed E-state index contributed by atoms with van der Waals surface area (Å²) >= 11 is 7.90. The molecule has 3 aromatic rings. The first-order valence-electron chi connectivity index (χ1n) is 6.74. The number of alkyl halides is 1. The van der Waals surface area contributed by atoms with Crippen molar-refractivity contribution in [3.05, 3.63) is 40.6 Å². The van der Waals surface area contributed by atoms with Crippen molar-refractivity contribution < 1.29 is 4.74 Å². The maximum Gasteiger partial charge on any atom is 0.127 e. The van der Waals surface area contributed by atoms with E-state index in [-0.39, 0.29) is 5.38 Å². The molecule has 4 nitrogen and oxygen atoms in total. The Kier molecular flexibility index (Phi) is 4.12. The highest BCUT2D eigenvalue weighted by atomic mass is 35.5. The molecule has 3 rings (SSSR count). The molecule has 0 radical (unpaired) electrons. The molecular weight excluding hydrogens is 306 g/mol. The van der Waals surface area contributed by atoms with E-state index in [1.807, 2.05) is 30.6 Å². The van der Waals surface area contributed by atoms with Gasteiger partial charge in [0.25, 0.3) is 0 Å². The highest BCUT2D eigenvalue weighted by Crippen LogP contribution is 2.27. The highest BCUT2D eigenvalue weighted by molar-refractivity contribution is 7.07. The number of fused-ring (bicyclic) bond motifs is 1. The molecule has 0 amide bonds. The van der Waals surface area contributed by atoms with Gasteiger partial charge in [-0.25, -0.2) is 9.97 Å². The number of ether oxygens (including phenoxy) is 1. The van der Waals surface area contributed by atoms with Gasteiger partial charge in [0.1, 0.15) is 11.6 Å². The fourth-order valence-electron chi connectivity index (χ4n) is 2.37. The molecule has 6 heteroatoms. The molecule has 0 aliphatic rings. The van der Waals surface area contributed by atoms with Gasteiger partial charge in [-0.2, -0.15) is 0 Å². The van der Waals surface area contributed by atoms with Gasteiger partial charge in [0.15, 0.2) is 0 Å². The van der Waals surface area contributed by atoms with Gasteiger partial charge in [-0.3, -0.25) is 0 Å². The molecule has 0 aliphatic carbocycles. The maximum absolute atomic E-state index is 6.29. The normalized spacial score (nSPS) is 12.7. The Morgan fingerprint density at radius 1 is 1.43 bits per heavy atom. The van der Waals surface area contributed by atoms with Gasteiger partial charge in [0.05, 0.1) is 34.7 Å². The third kappa shape index (κ3) is 2.89. The molecule has 2 aromatic heterocycles. The molecule has 21 heavy (non-hydrogen) atoms. The largest absolute Gasteiger partial charge is 0.497 e. The van der Waals surface area contributed by atoms with Crippen LogP contribution in [0.3, 0.4) is 0 Å². The topological polar surface area (TPSA) is 39.9 Å². The molecule has 2 heterocycles. The monoisotopic (exact) mass is 321 g/mol. The fourth-order valence-corrected chi connectivity index (χ4v) is 3.13. The number of imidazole rings is 1. The van der Waals surface area contributed by atoms with E-state index in [1.165, 1.54) is 0 Å². The number of halogens is 1. The summed E-state index contributed by atoms with van der Waals surface area (Å²) in [6.07, 6.45) is 0.864. The summed E-state index contributed by atoms with van der Waals surface area (Å²) in [7, 11) is 1.67. The Hall–Kier alpha value is -1.59. The van der Waals surface area contributed by atoms with Crippen molar-refractivity contribution in [1.29, 1.82) is 0 Å². The van der Waals surface area contributed by atoms with Crippen LogP contribution in [0.25, 0.3) is 11.0 Å². The molecule has 0 bridgehead atoms. The van der Waals surface area contributed by atoms with E-state index in [0.29, 0.717) is 0 Å². The molecular formula is C15H16ClN3OS. The molecule has 110 valence electrons. The van der Waals surface area contributed by atoms with Crippen LogP contribution in [0.1, 0.15) is 23.8 Å². The molecule has 1 unspecified atom stereocenters. The number of methoxy groups -OCH3 is 1. The van der Waals surface area contributed by atoms with E-state index in [2.05, 4.69) is 19.9 Å². The van der Waals surface area contributed by atoms with E-state index >= 15 is 0 Å². The van der Waals surface area contributed by atoms with E-state index < -0.39 is 0 Å². The second kappa shape index (κ2) is 6.03. The Labute approximate surface area is 132 Å². The maximum atomic E-state index is 6.29. The second-order valence-corrected chi connectivity index (χ2v) is 6.20. The number of hydrogen-bond donors (Lipinski definition) is 0. The predicted molar refractivity (Wildman–Crippen MR) is 86.4 cm³/mol. The molecule has 0 fully saturated rings. The van der Waals surface area contributed by atoms with Gasteiger partial charge in [0, 0.05) is 24.4 Å². The average Bonchev–Trinajstić information content (AvgIpc) is 3.11. The lowest BCUT2D eigenvalue weighted by atomic mass is 10.2. The zero-order valence-corrected chi connectivity index (χ0v) is 13.5. The summed E-state index contributed by atoms with van der Waals surface area (Å²) in [6.45, 7) is 2.75. The average molecular weight is 322 g/mol. The van der Waals surface area contributed by atoms with Crippen LogP contribution < -0.4 is 4.74 Å². The quantitative estimate of drug-likeness (QED) is 0.666. The minimum Gasteiger partial charge on any atom is -0.497 e. The van der Waals surface area contributed by atoms with Crippen molar-refractivity contribution in [3.63, 3.8) is 0 Å². The predicted octanol–water partition coefficient (Wildman–Crippen LogP) is 4.04. The number of aryl methyl sites for hydroxylation is 2. The van der Waals surface area contributed by atoms with E-state index in [1.54, 1.807) is 18.4 Å². The molecule has 0 aliphatic heterocycles.